The van der Waals surface area contributed by atoms with Crippen molar-refractivity contribution in [2.45, 2.75) is 70.9 Å². The van der Waals surface area contributed by atoms with Crippen molar-refractivity contribution in [1.82, 2.24) is 16.0 Å². The highest BCUT2D eigenvalue weighted by atomic mass is 19.1. The quantitative estimate of drug-likeness (QED) is 0.495. The van der Waals surface area contributed by atoms with Crippen LogP contribution in [0.15, 0.2) is 24.3 Å². The smallest absolute Gasteiger partial charge is 0.243 e. The summed E-state index contributed by atoms with van der Waals surface area (Å²) in [7, 11) is 0. The standard InChI is InChI=1S/C26H37FN4O3/c1-16(2)11-23-26(34)30-21(14-28)13-22-19(15-29-25(22)33)6-4-3-5-18(24(32)31-23)12-17-7-9-20(27)10-8-17/h7-10,14,16,18-19,21-23,28H,3-6,11-13,15H2,1-2H3,(H,29,33)(H,30,34)(H,31,32)/t18-,19-,21+,22-,23+/m1/s1. The Bertz CT molecular complexity index is 873. The molecule has 0 aliphatic carbocycles. The van der Waals surface area contributed by atoms with Crippen molar-refractivity contribution in [3.63, 3.8) is 0 Å². The summed E-state index contributed by atoms with van der Waals surface area (Å²) in [6.45, 7) is 4.59. The molecule has 2 heterocycles. The van der Waals surface area contributed by atoms with Crippen LogP contribution in [0.4, 0.5) is 4.39 Å². The molecular weight excluding hydrogens is 435 g/mol. The van der Waals surface area contributed by atoms with Crippen LogP contribution in [0, 0.1) is 34.9 Å². The molecule has 0 aromatic heterocycles. The lowest BCUT2D eigenvalue weighted by Crippen LogP contribution is -2.52. The van der Waals surface area contributed by atoms with E-state index in [9.17, 15) is 18.8 Å². The molecule has 3 amide bonds. The molecule has 7 nitrogen and oxygen atoms in total. The van der Waals surface area contributed by atoms with Crippen molar-refractivity contribution in [3.8, 4) is 0 Å². The topological polar surface area (TPSA) is 111 Å². The van der Waals surface area contributed by atoms with Crippen LogP contribution in [-0.2, 0) is 20.8 Å². The number of benzene rings is 1. The van der Waals surface area contributed by atoms with Crippen molar-refractivity contribution < 1.29 is 18.8 Å². The van der Waals surface area contributed by atoms with Gasteiger partial charge in [0.25, 0.3) is 0 Å². The maximum atomic E-state index is 13.4. The van der Waals surface area contributed by atoms with Crippen molar-refractivity contribution in [3.05, 3.63) is 35.6 Å². The molecular formula is C26H37FN4O3. The predicted octanol–water partition coefficient (Wildman–Crippen LogP) is 2.98. The summed E-state index contributed by atoms with van der Waals surface area (Å²) in [5.41, 5.74) is 0.877. The zero-order valence-electron chi connectivity index (χ0n) is 20.1. The van der Waals surface area contributed by atoms with E-state index in [0.717, 1.165) is 24.8 Å². The third kappa shape index (κ3) is 7.11. The van der Waals surface area contributed by atoms with Gasteiger partial charge >= 0.3 is 0 Å². The fourth-order valence-electron chi connectivity index (χ4n) is 5.07. The molecule has 0 saturated carbocycles. The lowest BCUT2D eigenvalue weighted by Gasteiger charge is -2.27. The number of carbonyl (C=O) groups excluding carboxylic acids is 3. The third-order valence-electron chi connectivity index (χ3n) is 6.96. The largest absolute Gasteiger partial charge is 0.356 e. The van der Waals surface area contributed by atoms with Crippen LogP contribution in [0.25, 0.3) is 0 Å². The van der Waals surface area contributed by atoms with E-state index < -0.39 is 12.1 Å². The van der Waals surface area contributed by atoms with E-state index in [-0.39, 0.29) is 47.2 Å². The second kappa shape index (κ2) is 12.1. The van der Waals surface area contributed by atoms with Gasteiger partial charge in [-0.3, -0.25) is 14.4 Å². The highest BCUT2D eigenvalue weighted by molar-refractivity contribution is 5.90. The normalized spacial score (nSPS) is 28.9. The second-order valence-corrected chi connectivity index (χ2v) is 10.1. The lowest BCUT2D eigenvalue weighted by atomic mass is 9.84. The Balaban J connectivity index is 1.83. The van der Waals surface area contributed by atoms with E-state index in [2.05, 4.69) is 16.0 Å². The van der Waals surface area contributed by atoms with Crippen molar-refractivity contribution in [1.29, 1.82) is 5.41 Å². The Morgan fingerprint density at radius 3 is 2.41 bits per heavy atom. The first-order valence-corrected chi connectivity index (χ1v) is 12.4. The summed E-state index contributed by atoms with van der Waals surface area (Å²) in [6.07, 6.45) is 5.73. The Morgan fingerprint density at radius 1 is 1.03 bits per heavy atom. The van der Waals surface area contributed by atoms with E-state index in [4.69, 9.17) is 5.41 Å². The van der Waals surface area contributed by atoms with Gasteiger partial charge in [-0.15, -0.1) is 0 Å². The van der Waals surface area contributed by atoms with Gasteiger partial charge in [0.05, 0.1) is 6.04 Å². The fraction of sp³-hybridized carbons (Fsp3) is 0.615. The Labute approximate surface area is 201 Å². The van der Waals surface area contributed by atoms with Crippen LogP contribution in [0.3, 0.4) is 0 Å². The minimum absolute atomic E-state index is 0.0144. The summed E-state index contributed by atoms with van der Waals surface area (Å²) in [4.78, 5) is 38.9. The first kappa shape index (κ1) is 25.8. The number of amides is 3. The lowest BCUT2D eigenvalue weighted by molar-refractivity contribution is -0.132. The van der Waals surface area contributed by atoms with E-state index in [0.29, 0.717) is 32.2 Å². The molecule has 2 aliphatic rings. The monoisotopic (exact) mass is 472 g/mol. The van der Waals surface area contributed by atoms with Gasteiger partial charge in [-0.25, -0.2) is 4.39 Å². The predicted molar refractivity (Wildman–Crippen MR) is 129 cm³/mol. The number of rotatable bonds is 5. The van der Waals surface area contributed by atoms with Crippen LogP contribution in [0.5, 0.6) is 0 Å². The average Bonchev–Trinajstić information content (AvgIpc) is 3.14. The molecule has 1 aromatic carbocycles. The van der Waals surface area contributed by atoms with E-state index in [1.165, 1.54) is 18.3 Å². The average molecular weight is 473 g/mol. The highest BCUT2D eigenvalue weighted by Crippen LogP contribution is 2.29. The zero-order chi connectivity index (χ0) is 24.7. The number of hydrogen-bond acceptors (Lipinski definition) is 4. The van der Waals surface area contributed by atoms with E-state index in [1.54, 1.807) is 12.1 Å². The molecule has 8 heteroatoms. The molecule has 5 atom stereocenters. The highest BCUT2D eigenvalue weighted by Gasteiger charge is 2.37. The van der Waals surface area contributed by atoms with Gasteiger partial charge in [-0.1, -0.05) is 38.8 Å². The molecule has 2 fully saturated rings. The molecule has 2 aliphatic heterocycles. The van der Waals surface area contributed by atoms with Crippen molar-refractivity contribution in [2.24, 2.45) is 23.7 Å². The summed E-state index contributed by atoms with van der Waals surface area (Å²) in [6, 6.07) is 4.90. The molecule has 0 bridgehead atoms. The fourth-order valence-corrected chi connectivity index (χ4v) is 5.07. The third-order valence-corrected chi connectivity index (χ3v) is 6.96. The minimum Gasteiger partial charge on any atom is -0.356 e. The van der Waals surface area contributed by atoms with Crippen LogP contribution in [0.2, 0.25) is 0 Å². The molecule has 0 spiro atoms. The van der Waals surface area contributed by atoms with E-state index >= 15 is 0 Å². The molecule has 0 unspecified atom stereocenters. The Morgan fingerprint density at radius 2 is 1.74 bits per heavy atom. The second-order valence-electron chi connectivity index (χ2n) is 10.1. The Hall–Kier alpha value is -2.77. The molecule has 34 heavy (non-hydrogen) atoms. The summed E-state index contributed by atoms with van der Waals surface area (Å²) < 4.78 is 13.4. The molecule has 186 valence electrons. The van der Waals surface area contributed by atoms with Gasteiger partial charge in [0.1, 0.15) is 11.9 Å². The van der Waals surface area contributed by atoms with Crippen LogP contribution >= 0.6 is 0 Å². The first-order valence-electron chi connectivity index (χ1n) is 12.4. The maximum Gasteiger partial charge on any atom is 0.243 e. The van der Waals surface area contributed by atoms with E-state index in [1.807, 2.05) is 13.8 Å². The molecule has 2 saturated heterocycles. The molecule has 0 radical (unpaired) electrons. The SMILES string of the molecule is CC(C)C[C@@H]1NC(=O)[C@@H](Cc2ccc(F)cc2)CCCC[C@@H]2CNC(=O)[C@@H]2C[C@@H](C=N)NC1=O. The van der Waals surface area contributed by atoms with Crippen LogP contribution < -0.4 is 16.0 Å². The minimum atomic E-state index is -0.721. The van der Waals surface area contributed by atoms with Gasteiger partial charge < -0.3 is 21.4 Å². The molecule has 1 aromatic rings. The summed E-state index contributed by atoms with van der Waals surface area (Å²) in [5, 5.41) is 16.6. The molecule has 4 N–H and O–H groups in total. The first-order chi connectivity index (χ1) is 16.3. The van der Waals surface area contributed by atoms with Gasteiger partial charge in [0.2, 0.25) is 17.7 Å². The summed E-state index contributed by atoms with van der Waals surface area (Å²) in [5.74, 6) is -1.08. The number of hydrogen-bond donors (Lipinski definition) is 4. The number of halogens is 1. The number of nitrogens with one attached hydrogen (secondary N) is 4. The van der Waals surface area contributed by atoms with Crippen molar-refractivity contribution in [2.75, 3.05) is 6.54 Å². The van der Waals surface area contributed by atoms with Crippen LogP contribution in [-0.4, -0.2) is 42.6 Å². The van der Waals surface area contributed by atoms with Gasteiger partial charge in [0, 0.05) is 24.6 Å². The maximum absolute atomic E-state index is 13.4. The number of fused-ring (bicyclic) bond motifs is 1. The van der Waals surface area contributed by atoms with Crippen molar-refractivity contribution >= 4 is 23.9 Å². The van der Waals surface area contributed by atoms with Crippen LogP contribution in [0.1, 0.15) is 57.9 Å². The summed E-state index contributed by atoms with van der Waals surface area (Å²) >= 11 is 0. The van der Waals surface area contributed by atoms with Gasteiger partial charge in [0.15, 0.2) is 0 Å². The van der Waals surface area contributed by atoms with Gasteiger partial charge in [-0.2, -0.15) is 0 Å². The number of carbonyl (C=O) groups is 3. The molecule has 3 rings (SSSR count). The van der Waals surface area contributed by atoms with Gasteiger partial charge in [-0.05, 0) is 61.6 Å². The Kier molecular flexibility index (Phi) is 9.19. The zero-order valence-corrected chi connectivity index (χ0v) is 20.1.